The molecule has 0 amide bonds. The van der Waals surface area contributed by atoms with Gasteiger partial charge < -0.3 is 5.32 Å². The van der Waals surface area contributed by atoms with E-state index in [2.05, 4.69) is 19.2 Å². The summed E-state index contributed by atoms with van der Waals surface area (Å²) < 4.78 is 0. The zero-order valence-corrected chi connectivity index (χ0v) is 10.1. The molecule has 0 heterocycles. The molecule has 2 N–H and O–H groups in total. The number of benzene rings is 1. The zero-order valence-electron chi connectivity index (χ0n) is 8.56. The molecule has 0 aliphatic rings. The summed E-state index contributed by atoms with van der Waals surface area (Å²) in [6.07, 6.45) is 1.15. The molecule has 0 saturated heterocycles. The van der Waals surface area contributed by atoms with E-state index in [0.29, 0.717) is 6.04 Å². The van der Waals surface area contributed by atoms with Gasteiger partial charge in [-0.1, -0.05) is 36.2 Å². The van der Waals surface area contributed by atoms with Gasteiger partial charge in [0, 0.05) is 5.56 Å². The van der Waals surface area contributed by atoms with Crippen LogP contribution in [-0.2, 0) is 6.54 Å². The van der Waals surface area contributed by atoms with Crippen molar-refractivity contribution in [2.24, 2.45) is 0 Å². The summed E-state index contributed by atoms with van der Waals surface area (Å²) in [6.45, 7) is 5.23. The first-order chi connectivity index (χ1) is 6.65. The van der Waals surface area contributed by atoms with Crippen LogP contribution in [0.2, 0.25) is 10.0 Å². The summed E-state index contributed by atoms with van der Waals surface area (Å²) in [5.74, 6) is 0. The summed E-state index contributed by atoms with van der Waals surface area (Å²) in [5.41, 5.74) is 1.04. The van der Waals surface area contributed by atoms with Gasteiger partial charge in [0.2, 0.25) is 0 Å². The van der Waals surface area contributed by atoms with Gasteiger partial charge in [0.25, 0.3) is 0 Å². The Morgan fingerprint density at radius 3 is 2.36 bits per heavy atom. The molecule has 3 heteroatoms. The van der Waals surface area contributed by atoms with E-state index < -0.39 is 0 Å². The Balaban J connectivity index is 2.66. The lowest BCUT2D eigenvalue weighted by Crippen LogP contribution is -2.87. The van der Waals surface area contributed by atoms with E-state index in [1.165, 1.54) is 0 Å². The van der Waals surface area contributed by atoms with Crippen LogP contribution < -0.4 is 5.32 Å². The molecule has 0 bridgehead atoms. The molecule has 14 heavy (non-hydrogen) atoms. The fraction of sp³-hybridized carbons (Fsp3) is 0.455. The van der Waals surface area contributed by atoms with Crippen LogP contribution in [0.25, 0.3) is 0 Å². The summed E-state index contributed by atoms with van der Waals surface area (Å²) in [5, 5.41) is 3.78. The largest absolute Gasteiger partial charge is 0.340 e. The number of halogens is 2. The van der Waals surface area contributed by atoms with Crippen molar-refractivity contribution in [3.63, 3.8) is 0 Å². The highest BCUT2D eigenvalue weighted by atomic mass is 35.5. The third kappa shape index (κ3) is 3.16. The average molecular weight is 233 g/mol. The Hall–Kier alpha value is -0.240. The van der Waals surface area contributed by atoms with Crippen LogP contribution in [0.1, 0.15) is 25.8 Å². The SMILES string of the molecule is CC[C@H](C)[NH2+]Cc1c(Cl)cccc1Cl. The van der Waals surface area contributed by atoms with Crippen LogP contribution in [0.5, 0.6) is 0 Å². The van der Waals surface area contributed by atoms with Gasteiger partial charge in [-0.05, 0) is 25.5 Å². The first-order valence-electron chi connectivity index (χ1n) is 4.91. The van der Waals surface area contributed by atoms with Crippen LogP contribution in [0.3, 0.4) is 0 Å². The van der Waals surface area contributed by atoms with Crippen LogP contribution in [0, 0.1) is 0 Å². The van der Waals surface area contributed by atoms with Gasteiger partial charge >= 0.3 is 0 Å². The minimum Gasteiger partial charge on any atom is -0.340 e. The van der Waals surface area contributed by atoms with Crippen LogP contribution >= 0.6 is 23.2 Å². The second-order valence-corrected chi connectivity index (χ2v) is 4.34. The Morgan fingerprint density at radius 2 is 1.86 bits per heavy atom. The first kappa shape index (κ1) is 11.8. The van der Waals surface area contributed by atoms with Crippen molar-refractivity contribution < 1.29 is 5.32 Å². The van der Waals surface area contributed by atoms with Gasteiger partial charge in [0.15, 0.2) is 0 Å². The maximum Gasteiger partial charge on any atom is 0.104 e. The van der Waals surface area contributed by atoms with Gasteiger partial charge in [-0.2, -0.15) is 0 Å². The molecule has 1 rings (SSSR count). The molecule has 0 aromatic heterocycles. The molecular formula is C11H16Cl2N+. The molecule has 0 spiro atoms. The minimum atomic E-state index is 0.613. The second kappa shape index (κ2) is 5.59. The van der Waals surface area contributed by atoms with Crippen molar-refractivity contribution in [2.75, 3.05) is 0 Å². The lowest BCUT2D eigenvalue weighted by Gasteiger charge is -2.10. The molecule has 1 aromatic carbocycles. The minimum absolute atomic E-state index is 0.613. The molecule has 0 aliphatic heterocycles. The van der Waals surface area contributed by atoms with Crippen molar-refractivity contribution in [1.29, 1.82) is 0 Å². The van der Waals surface area contributed by atoms with E-state index >= 15 is 0 Å². The lowest BCUT2D eigenvalue weighted by atomic mass is 10.2. The second-order valence-electron chi connectivity index (χ2n) is 3.53. The smallest absolute Gasteiger partial charge is 0.104 e. The van der Waals surface area contributed by atoms with E-state index in [-0.39, 0.29) is 0 Å². The highest BCUT2D eigenvalue weighted by Gasteiger charge is 2.08. The van der Waals surface area contributed by atoms with E-state index in [0.717, 1.165) is 28.6 Å². The number of quaternary nitrogens is 1. The fourth-order valence-electron chi connectivity index (χ4n) is 1.21. The molecule has 0 saturated carbocycles. The van der Waals surface area contributed by atoms with E-state index in [9.17, 15) is 0 Å². The molecule has 78 valence electrons. The van der Waals surface area contributed by atoms with Gasteiger partial charge in [-0.3, -0.25) is 0 Å². The maximum atomic E-state index is 6.05. The summed E-state index contributed by atoms with van der Waals surface area (Å²) in [4.78, 5) is 0. The summed E-state index contributed by atoms with van der Waals surface area (Å²) in [7, 11) is 0. The summed E-state index contributed by atoms with van der Waals surface area (Å²) in [6, 6.07) is 6.25. The van der Waals surface area contributed by atoms with Gasteiger partial charge in [0.05, 0.1) is 16.1 Å². The Morgan fingerprint density at radius 1 is 1.29 bits per heavy atom. The number of rotatable bonds is 4. The fourth-order valence-corrected chi connectivity index (χ4v) is 1.76. The molecule has 1 nitrogen and oxygen atoms in total. The molecule has 0 fully saturated rings. The van der Waals surface area contributed by atoms with Gasteiger partial charge in [-0.25, -0.2) is 0 Å². The highest BCUT2D eigenvalue weighted by molar-refractivity contribution is 6.35. The van der Waals surface area contributed by atoms with Crippen molar-refractivity contribution in [2.45, 2.75) is 32.9 Å². The maximum absolute atomic E-state index is 6.05. The highest BCUT2D eigenvalue weighted by Crippen LogP contribution is 2.22. The molecule has 0 radical (unpaired) electrons. The van der Waals surface area contributed by atoms with E-state index in [1.807, 2.05) is 18.2 Å². The van der Waals surface area contributed by atoms with Gasteiger partial charge in [-0.15, -0.1) is 0 Å². The molecule has 1 atom stereocenters. The van der Waals surface area contributed by atoms with Crippen LogP contribution in [0.4, 0.5) is 0 Å². The first-order valence-corrected chi connectivity index (χ1v) is 5.67. The third-order valence-corrected chi connectivity index (χ3v) is 3.14. The molecular weight excluding hydrogens is 217 g/mol. The van der Waals surface area contributed by atoms with Crippen molar-refractivity contribution >= 4 is 23.2 Å². The lowest BCUT2D eigenvalue weighted by molar-refractivity contribution is -0.701. The van der Waals surface area contributed by atoms with Crippen LogP contribution in [0.15, 0.2) is 18.2 Å². The third-order valence-electron chi connectivity index (χ3n) is 2.43. The van der Waals surface area contributed by atoms with Crippen molar-refractivity contribution in [1.82, 2.24) is 0 Å². The molecule has 0 unspecified atom stereocenters. The topological polar surface area (TPSA) is 16.6 Å². The van der Waals surface area contributed by atoms with Crippen molar-refractivity contribution in [3.8, 4) is 0 Å². The van der Waals surface area contributed by atoms with E-state index in [4.69, 9.17) is 23.2 Å². The standard InChI is InChI=1S/C11H15Cl2N/c1-3-8(2)14-7-9-10(12)5-4-6-11(9)13/h4-6,8,14H,3,7H2,1-2H3/p+1/t8-/m0/s1. The molecule has 0 aliphatic carbocycles. The zero-order chi connectivity index (χ0) is 10.6. The average Bonchev–Trinajstić information content (AvgIpc) is 2.16. The number of nitrogens with two attached hydrogens (primary N) is 1. The Labute approximate surface area is 95.4 Å². The molecule has 1 aromatic rings. The number of hydrogen-bond donors (Lipinski definition) is 1. The monoisotopic (exact) mass is 232 g/mol. The summed E-state index contributed by atoms with van der Waals surface area (Å²) >= 11 is 12.1. The normalized spacial score (nSPS) is 12.9. The quantitative estimate of drug-likeness (QED) is 0.823. The Bertz CT molecular complexity index is 279. The van der Waals surface area contributed by atoms with Gasteiger partial charge in [0.1, 0.15) is 6.54 Å². The Kier molecular flexibility index (Phi) is 4.73. The van der Waals surface area contributed by atoms with E-state index in [1.54, 1.807) is 0 Å². The predicted molar refractivity (Wildman–Crippen MR) is 61.8 cm³/mol. The number of hydrogen-bond acceptors (Lipinski definition) is 0. The predicted octanol–water partition coefficient (Wildman–Crippen LogP) is 2.86. The van der Waals surface area contributed by atoms with Crippen LogP contribution in [-0.4, -0.2) is 6.04 Å². The van der Waals surface area contributed by atoms with Crippen molar-refractivity contribution in [3.05, 3.63) is 33.8 Å².